The number of hydrogen-bond acceptors (Lipinski definition) is 3. The van der Waals surface area contributed by atoms with Crippen LogP contribution in [0.4, 0.5) is 0 Å². The molecule has 0 aliphatic rings. The number of nitriles is 1. The van der Waals surface area contributed by atoms with Crippen LogP contribution in [-0.2, 0) is 0 Å². The second-order valence-electron chi connectivity index (χ2n) is 3.60. The van der Waals surface area contributed by atoms with Gasteiger partial charge in [0.05, 0.1) is 17.1 Å². The molecule has 1 heterocycles. The van der Waals surface area contributed by atoms with Crippen LogP contribution >= 0.6 is 31.9 Å². The quantitative estimate of drug-likeness (QED) is 0.885. The smallest absolute Gasteiger partial charge is 0.124 e. The van der Waals surface area contributed by atoms with E-state index in [0.29, 0.717) is 12.2 Å². The van der Waals surface area contributed by atoms with E-state index in [0.717, 1.165) is 20.0 Å². The Balaban J connectivity index is 2.47. The fourth-order valence-corrected chi connectivity index (χ4v) is 2.26. The summed E-state index contributed by atoms with van der Waals surface area (Å²) < 4.78 is 1.84. The molecule has 17 heavy (non-hydrogen) atoms. The minimum Gasteiger partial charge on any atom is -0.396 e. The summed E-state index contributed by atoms with van der Waals surface area (Å²) in [5.41, 5.74) is 1.67. The average Bonchev–Trinajstić information content (AvgIpc) is 2.69. The van der Waals surface area contributed by atoms with E-state index in [9.17, 15) is 0 Å². The van der Waals surface area contributed by atoms with Gasteiger partial charge in [-0.1, -0.05) is 0 Å². The summed E-state index contributed by atoms with van der Waals surface area (Å²) in [6, 6.07) is 5.92. The third kappa shape index (κ3) is 2.51. The van der Waals surface area contributed by atoms with Gasteiger partial charge in [-0.25, -0.2) is 4.98 Å². The van der Waals surface area contributed by atoms with Gasteiger partial charge in [0.25, 0.3) is 0 Å². The highest BCUT2D eigenvalue weighted by Crippen LogP contribution is 2.28. The minimum atomic E-state index is -0.398. The van der Waals surface area contributed by atoms with Crippen LogP contribution in [0.3, 0.4) is 0 Å². The molecule has 1 aromatic heterocycles. The number of halogens is 2. The molecule has 0 bridgehead atoms. The van der Waals surface area contributed by atoms with Gasteiger partial charge in [-0.3, -0.25) is 0 Å². The lowest BCUT2D eigenvalue weighted by atomic mass is 10.1. The molecule has 2 N–H and O–H groups in total. The fourth-order valence-electron chi connectivity index (χ4n) is 1.58. The molecule has 2 rings (SSSR count). The fraction of sp³-hybridized carbons (Fsp3) is 0.273. The second kappa shape index (κ2) is 5.17. The first-order chi connectivity index (χ1) is 8.15. The monoisotopic (exact) mass is 357 g/mol. The highest BCUT2D eigenvalue weighted by molar-refractivity contribution is 9.13. The predicted octanol–water partition coefficient (Wildman–Crippen LogP) is 3.08. The van der Waals surface area contributed by atoms with Gasteiger partial charge in [-0.2, -0.15) is 5.26 Å². The Labute approximate surface area is 115 Å². The van der Waals surface area contributed by atoms with E-state index in [1.54, 1.807) is 0 Å². The van der Waals surface area contributed by atoms with Crippen LogP contribution in [0, 0.1) is 11.3 Å². The lowest BCUT2D eigenvalue weighted by molar-refractivity contribution is 0.282. The normalized spacial score (nSPS) is 12.6. The van der Waals surface area contributed by atoms with Crippen LogP contribution in [0.5, 0.6) is 0 Å². The van der Waals surface area contributed by atoms with Crippen molar-refractivity contribution in [3.8, 4) is 6.07 Å². The number of hydrogen-bond donors (Lipinski definition) is 2. The van der Waals surface area contributed by atoms with E-state index < -0.39 is 5.92 Å². The predicted molar refractivity (Wildman–Crippen MR) is 71.6 cm³/mol. The number of rotatable bonds is 3. The number of aromatic amines is 1. The van der Waals surface area contributed by atoms with E-state index in [4.69, 9.17) is 10.4 Å². The Kier molecular flexibility index (Phi) is 3.82. The summed E-state index contributed by atoms with van der Waals surface area (Å²) in [4.78, 5) is 7.47. The SMILES string of the molecule is N#CC(CCO)c1nc2cc(Br)c(Br)cc2[nH]1. The number of nitrogens with one attached hydrogen (secondary N) is 1. The van der Waals surface area contributed by atoms with E-state index in [2.05, 4.69) is 47.9 Å². The molecule has 1 atom stereocenters. The molecular weight excluding hydrogens is 350 g/mol. The number of benzene rings is 1. The first-order valence-corrected chi connectivity index (χ1v) is 6.59. The van der Waals surface area contributed by atoms with E-state index in [-0.39, 0.29) is 6.61 Å². The van der Waals surface area contributed by atoms with Gasteiger partial charge < -0.3 is 10.1 Å². The Morgan fingerprint density at radius 1 is 1.41 bits per heavy atom. The zero-order valence-corrected chi connectivity index (χ0v) is 11.9. The summed E-state index contributed by atoms with van der Waals surface area (Å²) >= 11 is 6.82. The molecule has 6 heteroatoms. The minimum absolute atomic E-state index is 0.0251. The third-order valence-electron chi connectivity index (χ3n) is 2.45. The van der Waals surface area contributed by atoms with Crippen molar-refractivity contribution in [2.45, 2.75) is 12.3 Å². The third-order valence-corrected chi connectivity index (χ3v) is 4.29. The number of aliphatic hydroxyl groups excluding tert-OH is 1. The molecule has 0 saturated carbocycles. The van der Waals surface area contributed by atoms with Crippen molar-refractivity contribution in [3.05, 3.63) is 26.9 Å². The zero-order valence-electron chi connectivity index (χ0n) is 8.74. The first kappa shape index (κ1) is 12.6. The Morgan fingerprint density at radius 3 is 2.76 bits per heavy atom. The van der Waals surface area contributed by atoms with Crippen LogP contribution in [0.15, 0.2) is 21.1 Å². The number of fused-ring (bicyclic) bond motifs is 1. The summed E-state index contributed by atoms with van der Waals surface area (Å²) in [5, 5.41) is 17.9. The van der Waals surface area contributed by atoms with Crippen molar-refractivity contribution in [2.24, 2.45) is 0 Å². The van der Waals surface area contributed by atoms with Crippen molar-refractivity contribution in [2.75, 3.05) is 6.61 Å². The Morgan fingerprint density at radius 2 is 2.12 bits per heavy atom. The van der Waals surface area contributed by atoms with Crippen LogP contribution < -0.4 is 0 Å². The van der Waals surface area contributed by atoms with Gasteiger partial charge in [-0.15, -0.1) is 0 Å². The maximum Gasteiger partial charge on any atom is 0.124 e. The number of imidazole rings is 1. The molecule has 0 aliphatic heterocycles. The van der Waals surface area contributed by atoms with Crippen molar-refractivity contribution < 1.29 is 5.11 Å². The van der Waals surface area contributed by atoms with Gasteiger partial charge in [0, 0.05) is 15.6 Å². The number of aliphatic hydroxyl groups is 1. The molecule has 88 valence electrons. The summed E-state index contributed by atoms with van der Waals surface area (Å²) in [7, 11) is 0. The molecule has 1 aromatic carbocycles. The zero-order chi connectivity index (χ0) is 12.4. The Hall–Kier alpha value is -0.900. The molecule has 0 aliphatic carbocycles. The number of H-pyrrole nitrogens is 1. The Bertz CT molecular complexity index is 549. The standard InChI is InChI=1S/C11H9Br2N3O/c12-7-3-9-10(4-8(7)13)16-11(15-9)6(5-14)1-2-17/h3-4,6,17H,1-2H2,(H,15,16). The molecule has 2 aromatic rings. The van der Waals surface area contributed by atoms with Crippen LogP contribution in [0.1, 0.15) is 18.2 Å². The summed E-state index contributed by atoms with van der Waals surface area (Å²) in [6.07, 6.45) is 0.388. The number of aromatic nitrogens is 2. The highest BCUT2D eigenvalue weighted by atomic mass is 79.9. The van der Waals surface area contributed by atoms with Gasteiger partial charge in [-0.05, 0) is 50.4 Å². The number of nitrogens with zero attached hydrogens (tertiary/aromatic N) is 2. The highest BCUT2D eigenvalue weighted by Gasteiger charge is 2.15. The van der Waals surface area contributed by atoms with Crippen molar-refractivity contribution >= 4 is 42.9 Å². The molecule has 1 unspecified atom stereocenters. The van der Waals surface area contributed by atoms with Gasteiger partial charge >= 0.3 is 0 Å². The first-order valence-electron chi connectivity index (χ1n) is 5.01. The van der Waals surface area contributed by atoms with Crippen molar-refractivity contribution in [3.63, 3.8) is 0 Å². The second-order valence-corrected chi connectivity index (χ2v) is 5.31. The van der Waals surface area contributed by atoms with Crippen LogP contribution in [0.25, 0.3) is 11.0 Å². The lowest BCUT2D eigenvalue weighted by Crippen LogP contribution is -2.00. The van der Waals surface area contributed by atoms with Gasteiger partial charge in [0.15, 0.2) is 0 Å². The molecule has 0 radical (unpaired) electrons. The van der Waals surface area contributed by atoms with E-state index >= 15 is 0 Å². The largest absolute Gasteiger partial charge is 0.396 e. The van der Waals surface area contributed by atoms with Gasteiger partial charge in [0.1, 0.15) is 11.7 Å². The van der Waals surface area contributed by atoms with E-state index in [1.165, 1.54) is 0 Å². The molecule has 4 nitrogen and oxygen atoms in total. The molecule has 0 spiro atoms. The average molecular weight is 359 g/mol. The molecular formula is C11H9Br2N3O. The van der Waals surface area contributed by atoms with Crippen molar-refractivity contribution in [1.29, 1.82) is 5.26 Å². The summed E-state index contributed by atoms with van der Waals surface area (Å²) in [6.45, 7) is -0.0251. The molecule has 0 fully saturated rings. The maximum absolute atomic E-state index is 9.01. The molecule has 0 saturated heterocycles. The van der Waals surface area contributed by atoms with E-state index in [1.807, 2.05) is 12.1 Å². The lowest BCUT2D eigenvalue weighted by Gasteiger charge is -2.01. The van der Waals surface area contributed by atoms with Crippen LogP contribution in [-0.4, -0.2) is 21.7 Å². The van der Waals surface area contributed by atoms with Crippen LogP contribution in [0.2, 0.25) is 0 Å². The molecule has 0 amide bonds. The van der Waals surface area contributed by atoms with Gasteiger partial charge in [0.2, 0.25) is 0 Å². The topological polar surface area (TPSA) is 72.7 Å². The van der Waals surface area contributed by atoms with Crippen molar-refractivity contribution in [1.82, 2.24) is 9.97 Å². The summed E-state index contributed by atoms with van der Waals surface area (Å²) in [5.74, 6) is 0.200. The maximum atomic E-state index is 9.01.